The monoisotopic (exact) mass is 356 g/mol. The molecule has 2 atom stereocenters. The molecule has 1 aromatic carbocycles. The highest BCUT2D eigenvalue weighted by molar-refractivity contribution is 5.82. The number of carbonyl (C=O) groups excluding carboxylic acids is 1. The third-order valence-electron chi connectivity index (χ3n) is 6.48. The fraction of sp³-hybridized carbons (Fsp3) is 0.682. The Morgan fingerprint density at radius 2 is 2.00 bits per heavy atom. The molecular weight excluding hydrogens is 324 g/mol. The molecule has 4 rings (SSSR count). The summed E-state index contributed by atoms with van der Waals surface area (Å²) >= 11 is 0. The van der Waals surface area contributed by atoms with E-state index in [9.17, 15) is 4.79 Å². The van der Waals surface area contributed by atoms with E-state index in [0.29, 0.717) is 6.54 Å². The van der Waals surface area contributed by atoms with E-state index in [0.717, 1.165) is 45.3 Å². The Labute approximate surface area is 157 Å². The van der Waals surface area contributed by atoms with E-state index in [2.05, 4.69) is 54.4 Å². The van der Waals surface area contributed by atoms with Crippen LogP contribution in [0.3, 0.4) is 0 Å². The van der Waals surface area contributed by atoms with Crippen LogP contribution in [0.4, 0.5) is 0 Å². The zero-order valence-electron chi connectivity index (χ0n) is 16.2. The fourth-order valence-corrected chi connectivity index (χ4v) is 4.60. The van der Waals surface area contributed by atoms with Crippen molar-refractivity contribution >= 4 is 5.91 Å². The van der Waals surface area contributed by atoms with Crippen LogP contribution in [0, 0.1) is 11.3 Å². The summed E-state index contributed by atoms with van der Waals surface area (Å²) in [6, 6.07) is 10.7. The van der Waals surface area contributed by atoms with Gasteiger partial charge in [0.05, 0.1) is 11.7 Å². The van der Waals surface area contributed by atoms with Crippen LogP contribution >= 0.6 is 0 Å². The molecule has 2 unspecified atom stereocenters. The lowest BCUT2D eigenvalue weighted by molar-refractivity contribution is -0.137. The average molecular weight is 357 g/mol. The number of hydrogen-bond donors (Lipinski definition) is 1. The van der Waals surface area contributed by atoms with Crippen LogP contribution in [-0.2, 0) is 16.0 Å². The van der Waals surface area contributed by atoms with Crippen LogP contribution in [0.25, 0.3) is 0 Å². The number of nitrogens with one attached hydrogen (secondary N) is 1. The van der Waals surface area contributed by atoms with E-state index in [1.165, 1.54) is 12.0 Å². The maximum atomic E-state index is 12.1. The van der Waals surface area contributed by atoms with Crippen molar-refractivity contribution in [3.63, 3.8) is 0 Å². The highest BCUT2D eigenvalue weighted by Crippen LogP contribution is 2.51. The van der Waals surface area contributed by atoms with Crippen LogP contribution in [0.1, 0.15) is 45.1 Å². The SMILES string of the molecule is CC1(C)CC1C(=O)NCC1CCC2(CN(CCCc3ccccc3)C2)O1. The summed E-state index contributed by atoms with van der Waals surface area (Å²) in [5, 5.41) is 3.11. The van der Waals surface area contributed by atoms with Crippen LogP contribution in [0.5, 0.6) is 0 Å². The zero-order chi connectivity index (χ0) is 18.2. The molecule has 2 heterocycles. The van der Waals surface area contributed by atoms with Crippen molar-refractivity contribution in [1.29, 1.82) is 0 Å². The van der Waals surface area contributed by atoms with Crippen molar-refractivity contribution in [2.75, 3.05) is 26.2 Å². The van der Waals surface area contributed by atoms with Gasteiger partial charge in [0.15, 0.2) is 0 Å². The molecule has 1 amide bonds. The van der Waals surface area contributed by atoms with Gasteiger partial charge in [-0.1, -0.05) is 44.2 Å². The first-order valence-corrected chi connectivity index (χ1v) is 10.2. The molecule has 0 bridgehead atoms. The molecular formula is C22H32N2O2. The van der Waals surface area contributed by atoms with Gasteiger partial charge >= 0.3 is 0 Å². The van der Waals surface area contributed by atoms with Crippen molar-refractivity contribution in [3.05, 3.63) is 35.9 Å². The summed E-state index contributed by atoms with van der Waals surface area (Å²) in [6.45, 7) is 8.28. The maximum Gasteiger partial charge on any atom is 0.223 e. The van der Waals surface area contributed by atoms with Gasteiger partial charge in [-0.3, -0.25) is 9.69 Å². The molecule has 1 saturated carbocycles. The van der Waals surface area contributed by atoms with E-state index in [1.807, 2.05) is 0 Å². The molecule has 1 spiro atoms. The number of benzene rings is 1. The smallest absolute Gasteiger partial charge is 0.223 e. The predicted molar refractivity (Wildman–Crippen MR) is 103 cm³/mol. The molecule has 1 aromatic rings. The Morgan fingerprint density at radius 1 is 1.27 bits per heavy atom. The molecule has 26 heavy (non-hydrogen) atoms. The van der Waals surface area contributed by atoms with Crippen molar-refractivity contribution < 1.29 is 9.53 Å². The van der Waals surface area contributed by atoms with Crippen molar-refractivity contribution in [3.8, 4) is 0 Å². The second-order valence-electron chi connectivity index (χ2n) is 9.25. The first-order valence-electron chi connectivity index (χ1n) is 10.2. The second kappa shape index (κ2) is 6.97. The minimum Gasteiger partial charge on any atom is -0.367 e. The highest BCUT2D eigenvalue weighted by atomic mass is 16.5. The van der Waals surface area contributed by atoms with Gasteiger partial charge in [-0.05, 0) is 49.6 Å². The molecule has 2 aliphatic heterocycles. The highest BCUT2D eigenvalue weighted by Gasteiger charge is 2.51. The van der Waals surface area contributed by atoms with E-state index < -0.39 is 0 Å². The topological polar surface area (TPSA) is 41.6 Å². The molecule has 1 N–H and O–H groups in total. The molecule has 4 nitrogen and oxygen atoms in total. The molecule has 2 saturated heterocycles. The molecule has 4 heteroatoms. The molecule has 3 fully saturated rings. The number of amides is 1. The van der Waals surface area contributed by atoms with Crippen LogP contribution < -0.4 is 5.32 Å². The lowest BCUT2D eigenvalue weighted by Crippen LogP contribution is -2.61. The third-order valence-corrected chi connectivity index (χ3v) is 6.48. The summed E-state index contributed by atoms with van der Waals surface area (Å²) in [5.41, 5.74) is 1.70. The summed E-state index contributed by atoms with van der Waals surface area (Å²) in [5.74, 6) is 0.428. The van der Waals surface area contributed by atoms with Crippen LogP contribution in [0.15, 0.2) is 30.3 Å². The van der Waals surface area contributed by atoms with E-state index in [-0.39, 0.29) is 28.9 Å². The molecule has 3 aliphatic rings. The normalized spacial score (nSPS) is 28.7. The van der Waals surface area contributed by atoms with E-state index in [4.69, 9.17) is 4.74 Å². The Hall–Kier alpha value is -1.39. The quantitative estimate of drug-likeness (QED) is 0.816. The summed E-state index contributed by atoms with van der Waals surface area (Å²) < 4.78 is 6.33. The van der Waals surface area contributed by atoms with Crippen LogP contribution in [-0.4, -0.2) is 48.7 Å². The van der Waals surface area contributed by atoms with Gasteiger partial charge in [-0.25, -0.2) is 0 Å². The minimum absolute atomic E-state index is 0.0704. The van der Waals surface area contributed by atoms with Crippen LogP contribution in [0.2, 0.25) is 0 Å². The number of rotatable bonds is 7. The van der Waals surface area contributed by atoms with Gasteiger partial charge in [-0.2, -0.15) is 0 Å². The average Bonchev–Trinajstić information content (AvgIpc) is 3.03. The van der Waals surface area contributed by atoms with E-state index >= 15 is 0 Å². The largest absolute Gasteiger partial charge is 0.367 e. The lowest BCUT2D eigenvalue weighted by Gasteiger charge is -2.47. The van der Waals surface area contributed by atoms with Crippen molar-refractivity contribution in [2.45, 2.75) is 57.7 Å². The number of carbonyl (C=O) groups is 1. The molecule has 1 aliphatic carbocycles. The third kappa shape index (κ3) is 3.96. The van der Waals surface area contributed by atoms with Gasteiger partial charge in [-0.15, -0.1) is 0 Å². The number of nitrogens with zero attached hydrogens (tertiary/aromatic N) is 1. The number of hydrogen-bond acceptors (Lipinski definition) is 3. The maximum absolute atomic E-state index is 12.1. The van der Waals surface area contributed by atoms with Crippen molar-refractivity contribution in [1.82, 2.24) is 10.2 Å². The first kappa shape index (κ1) is 18.0. The van der Waals surface area contributed by atoms with Gasteiger partial charge in [0, 0.05) is 25.6 Å². The van der Waals surface area contributed by atoms with Gasteiger partial charge < -0.3 is 10.1 Å². The predicted octanol–water partition coefficient (Wildman–Crippen LogP) is 3.01. The Morgan fingerprint density at radius 3 is 2.69 bits per heavy atom. The van der Waals surface area contributed by atoms with E-state index in [1.54, 1.807) is 0 Å². The van der Waals surface area contributed by atoms with Gasteiger partial charge in [0.2, 0.25) is 5.91 Å². The number of likely N-dealkylation sites (tertiary alicyclic amines) is 1. The van der Waals surface area contributed by atoms with Crippen molar-refractivity contribution in [2.24, 2.45) is 11.3 Å². The Bertz CT molecular complexity index is 637. The Kier molecular flexibility index (Phi) is 4.83. The molecule has 0 aromatic heterocycles. The second-order valence-corrected chi connectivity index (χ2v) is 9.25. The van der Waals surface area contributed by atoms with Gasteiger partial charge in [0.1, 0.15) is 0 Å². The minimum atomic E-state index is 0.0704. The summed E-state index contributed by atoms with van der Waals surface area (Å²) in [7, 11) is 0. The first-order chi connectivity index (χ1) is 12.5. The fourth-order valence-electron chi connectivity index (χ4n) is 4.60. The van der Waals surface area contributed by atoms with Gasteiger partial charge in [0.25, 0.3) is 0 Å². The molecule has 142 valence electrons. The zero-order valence-corrected chi connectivity index (χ0v) is 16.2. The number of aryl methyl sites for hydroxylation is 1. The standard InChI is InChI=1S/C22H32N2O2/c1-21(2)13-19(21)20(25)23-14-18-10-11-22(26-18)15-24(16-22)12-6-9-17-7-4-3-5-8-17/h3-5,7-8,18-19H,6,9-16H2,1-2H3,(H,23,25). The summed E-state index contributed by atoms with van der Waals surface area (Å²) in [4.78, 5) is 14.6. The Balaban J connectivity index is 1.12. The molecule has 0 radical (unpaired) electrons. The lowest BCUT2D eigenvalue weighted by atomic mass is 9.90. The summed E-state index contributed by atoms with van der Waals surface area (Å²) in [6.07, 6.45) is 5.79. The number of ether oxygens (including phenoxy) is 1.